The zero-order chi connectivity index (χ0) is 14.9. The van der Waals surface area contributed by atoms with Crippen molar-refractivity contribution in [3.63, 3.8) is 0 Å². The largest absolute Gasteiger partial charge is 0.371 e. The van der Waals surface area contributed by atoms with Crippen LogP contribution in [0.25, 0.3) is 0 Å². The fraction of sp³-hybridized carbons (Fsp3) is 0.867. The van der Waals surface area contributed by atoms with Gasteiger partial charge in [0, 0.05) is 25.4 Å². The zero-order valence-corrected chi connectivity index (χ0v) is 13.5. The zero-order valence-electron chi connectivity index (χ0n) is 12.7. The summed E-state index contributed by atoms with van der Waals surface area (Å²) in [6, 6.07) is 0. The van der Waals surface area contributed by atoms with E-state index in [1.165, 1.54) is 0 Å². The lowest BCUT2D eigenvalue weighted by molar-refractivity contribution is -0.188. The number of thioether (sulfide) groups is 1. The third-order valence-electron chi connectivity index (χ3n) is 4.86. The molecule has 0 radical (unpaired) electrons. The van der Waals surface area contributed by atoms with Gasteiger partial charge in [0.2, 0.25) is 11.8 Å². The molecule has 3 fully saturated rings. The van der Waals surface area contributed by atoms with Crippen molar-refractivity contribution < 1.29 is 14.3 Å². The molecule has 118 valence electrons. The number of amides is 2. The Morgan fingerprint density at radius 1 is 1.48 bits per heavy atom. The van der Waals surface area contributed by atoms with Crippen molar-refractivity contribution in [1.29, 1.82) is 0 Å². The number of nitrogens with zero attached hydrogens (tertiary/aromatic N) is 2. The van der Waals surface area contributed by atoms with Gasteiger partial charge < -0.3 is 14.5 Å². The second-order valence-electron chi connectivity index (χ2n) is 6.52. The van der Waals surface area contributed by atoms with Crippen molar-refractivity contribution in [2.45, 2.75) is 31.3 Å². The van der Waals surface area contributed by atoms with Crippen LogP contribution in [0.5, 0.6) is 0 Å². The Labute approximate surface area is 130 Å². The van der Waals surface area contributed by atoms with Crippen LogP contribution in [0.15, 0.2) is 0 Å². The van der Waals surface area contributed by atoms with Crippen molar-refractivity contribution in [2.24, 2.45) is 5.92 Å². The van der Waals surface area contributed by atoms with E-state index < -0.39 is 0 Å². The molecular formula is C15H24N2O3S. The Hall–Kier alpha value is -0.750. The smallest absolute Gasteiger partial charge is 0.232 e. The molecule has 0 bridgehead atoms. The number of hydrogen-bond acceptors (Lipinski definition) is 4. The highest BCUT2D eigenvalue weighted by Gasteiger charge is 2.48. The molecule has 0 unspecified atom stereocenters. The van der Waals surface area contributed by atoms with Gasteiger partial charge in [0.05, 0.1) is 25.4 Å². The monoisotopic (exact) mass is 312 g/mol. The summed E-state index contributed by atoms with van der Waals surface area (Å²) in [7, 11) is 0. The predicted molar refractivity (Wildman–Crippen MR) is 82.2 cm³/mol. The second kappa shape index (κ2) is 6.16. The summed E-state index contributed by atoms with van der Waals surface area (Å²) in [4.78, 5) is 27.3. The normalized spacial score (nSPS) is 28.0. The van der Waals surface area contributed by atoms with E-state index in [9.17, 15) is 9.59 Å². The molecule has 0 aromatic rings. The van der Waals surface area contributed by atoms with Crippen LogP contribution < -0.4 is 0 Å². The molecule has 5 nitrogen and oxygen atoms in total. The first-order valence-corrected chi connectivity index (χ1v) is 9.20. The lowest BCUT2D eigenvalue weighted by Gasteiger charge is -2.53. The maximum atomic E-state index is 11.8. The van der Waals surface area contributed by atoms with Crippen LogP contribution in [0.1, 0.15) is 25.7 Å². The van der Waals surface area contributed by atoms with Crippen molar-refractivity contribution in [3.05, 3.63) is 0 Å². The fourth-order valence-corrected chi connectivity index (χ4v) is 3.99. The maximum Gasteiger partial charge on any atom is 0.232 e. The lowest BCUT2D eigenvalue weighted by Crippen LogP contribution is -2.66. The molecule has 21 heavy (non-hydrogen) atoms. The van der Waals surface area contributed by atoms with Crippen LogP contribution in [0.3, 0.4) is 0 Å². The van der Waals surface area contributed by atoms with E-state index in [4.69, 9.17) is 4.74 Å². The summed E-state index contributed by atoms with van der Waals surface area (Å²) in [6.45, 7) is 4.00. The third-order valence-corrected chi connectivity index (χ3v) is 5.40. The number of rotatable bonds is 4. The van der Waals surface area contributed by atoms with E-state index in [1.807, 2.05) is 16.1 Å². The van der Waals surface area contributed by atoms with Crippen LogP contribution in [-0.4, -0.2) is 72.0 Å². The molecule has 1 spiro atoms. The molecule has 0 N–H and O–H groups in total. The minimum atomic E-state index is -0.0837. The summed E-state index contributed by atoms with van der Waals surface area (Å²) in [6.07, 6.45) is 5.79. The van der Waals surface area contributed by atoms with Crippen molar-refractivity contribution in [2.75, 3.05) is 44.8 Å². The van der Waals surface area contributed by atoms with E-state index in [0.29, 0.717) is 24.0 Å². The quantitative estimate of drug-likeness (QED) is 0.776. The van der Waals surface area contributed by atoms with Gasteiger partial charge in [0.15, 0.2) is 0 Å². The highest BCUT2D eigenvalue weighted by Crippen LogP contribution is 2.36. The first-order chi connectivity index (χ1) is 10.1. The van der Waals surface area contributed by atoms with Gasteiger partial charge in [-0.2, -0.15) is 11.8 Å². The summed E-state index contributed by atoms with van der Waals surface area (Å²) in [5.41, 5.74) is -0.0837. The van der Waals surface area contributed by atoms with Crippen molar-refractivity contribution in [1.82, 2.24) is 9.80 Å². The van der Waals surface area contributed by atoms with Gasteiger partial charge in [-0.1, -0.05) is 0 Å². The van der Waals surface area contributed by atoms with Crippen molar-refractivity contribution >= 4 is 23.6 Å². The standard InChI is InChI=1S/C15H24N2O3S/c1-21-9-14(19)17-10-15(11-17)5-4-12(8-20-15)7-16-6-2-3-13(16)18/h12H,2-11H2,1H3/t12-/m0/s1. The van der Waals surface area contributed by atoms with E-state index in [0.717, 1.165) is 52.0 Å². The van der Waals surface area contributed by atoms with Crippen LogP contribution in [0, 0.1) is 5.92 Å². The first-order valence-electron chi connectivity index (χ1n) is 7.80. The highest BCUT2D eigenvalue weighted by atomic mass is 32.2. The molecular weight excluding hydrogens is 288 g/mol. The van der Waals surface area contributed by atoms with Gasteiger partial charge in [-0.25, -0.2) is 0 Å². The summed E-state index contributed by atoms with van der Waals surface area (Å²) >= 11 is 1.57. The molecule has 0 saturated carbocycles. The Balaban J connectivity index is 1.42. The average molecular weight is 312 g/mol. The Kier molecular flexibility index (Phi) is 4.45. The van der Waals surface area contributed by atoms with E-state index >= 15 is 0 Å². The second-order valence-corrected chi connectivity index (χ2v) is 7.39. The van der Waals surface area contributed by atoms with Crippen LogP contribution >= 0.6 is 11.8 Å². The number of carbonyl (C=O) groups is 2. The van der Waals surface area contributed by atoms with Gasteiger partial charge in [-0.05, 0) is 25.5 Å². The molecule has 1 atom stereocenters. The van der Waals surface area contributed by atoms with E-state index in [1.54, 1.807) is 11.8 Å². The molecule has 6 heteroatoms. The van der Waals surface area contributed by atoms with Gasteiger partial charge in [-0.15, -0.1) is 0 Å². The SMILES string of the molecule is CSCC(=O)N1CC2(CC[C@@H](CN3CCCC3=O)CO2)C1. The molecule has 3 rings (SSSR count). The molecule has 3 saturated heterocycles. The summed E-state index contributed by atoms with van der Waals surface area (Å²) < 4.78 is 6.08. The van der Waals surface area contributed by atoms with Crippen molar-refractivity contribution in [3.8, 4) is 0 Å². The van der Waals surface area contributed by atoms with Gasteiger partial charge in [0.25, 0.3) is 0 Å². The maximum absolute atomic E-state index is 11.8. The highest BCUT2D eigenvalue weighted by molar-refractivity contribution is 7.99. The third kappa shape index (κ3) is 3.21. The Morgan fingerprint density at radius 3 is 2.86 bits per heavy atom. The number of hydrogen-bond donors (Lipinski definition) is 0. The minimum Gasteiger partial charge on any atom is -0.371 e. The number of ether oxygens (including phenoxy) is 1. The first kappa shape index (κ1) is 15.2. The summed E-state index contributed by atoms with van der Waals surface area (Å²) in [5.74, 6) is 1.55. The molecule has 0 aromatic heterocycles. The Morgan fingerprint density at radius 2 is 2.29 bits per heavy atom. The van der Waals surface area contributed by atoms with E-state index in [2.05, 4.69) is 0 Å². The predicted octanol–water partition coefficient (Wildman–Crippen LogP) is 0.979. The summed E-state index contributed by atoms with van der Waals surface area (Å²) in [5, 5.41) is 0. The average Bonchev–Trinajstić information content (AvgIpc) is 2.83. The molecule has 0 aliphatic carbocycles. The topological polar surface area (TPSA) is 49.9 Å². The van der Waals surface area contributed by atoms with Gasteiger partial charge >= 0.3 is 0 Å². The number of carbonyl (C=O) groups excluding carboxylic acids is 2. The van der Waals surface area contributed by atoms with Gasteiger partial charge in [-0.3, -0.25) is 9.59 Å². The fourth-order valence-electron chi connectivity index (χ4n) is 3.56. The number of likely N-dealkylation sites (tertiary alicyclic amines) is 2. The minimum absolute atomic E-state index is 0.0837. The van der Waals surface area contributed by atoms with E-state index in [-0.39, 0.29) is 11.5 Å². The van der Waals surface area contributed by atoms with Crippen LogP contribution in [0.2, 0.25) is 0 Å². The molecule has 3 aliphatic heterocycles. The Bertz CT molecular complexity index is 413. The van der Waals surface area contributed by atoms with Gasteiger partial charge in [0.1, 0.15) is 5.60 Å². The van der Waals surface area contributed by atoms with Crippen LogP contribution in [0.4, 0.5) is 0 Å². The molecule has 3 aliphatic rings. The molecule has 0 aromatic carbocycles. The molecule has 3 heterocycles. The lowest BCUT2D eigenvalue weighted by atomic mass is 9.83. The van der Waals surface area contributed by atoms with Crippen LogP contribution in [-0.2, 0) is 14.3 Å². The molecule has 2 amide bonds.